The van der Waals surface area contributed by atoms with Gasteiger partial charge in [0.25, 0.3) is 5.91 Å². The monoisotopic (exact) mass is 413 g/mol. The molecule has 130 valence electrons. The molecule has 8 heteroatoms. The number of hydrogen-bond donors (Lipinski definition) is 2. The Bertz CT molecular complexity index is 685. The van der Waals surface area contributed by atoms with E-state index < -0.39 is 6.04 Å². The fourth-order valence-corrected chi connectivity index (χ4v) is 3.43. The molecule has 2 aromatic rings. The van der Waals surface area contributed by atoms with Crippen molar-refractivity contribution in [2.24, 2.45) is 0 Å². The van der Waals surface area contributed by atoms with Crippen molar-refractivity contribution < 1.29 is 14.0 Å². The highest BCUT2D eigenvalue weighted by Crippen LogP contribution is 2.22. The molecule has 0 aliphatic heterocycles. The number of halogens is 1. The number of carbonyl (C=O) groups excluding carboxylic acids is 2. The molecule has 2 rings (SSSR count). The highest BCUT2D eigenvalue weighted by atomic mass is 79.9. The molecule has 6 nitrogen and oxygen atoms in total. The van der Waals surface area contributed by atoms with Crippen molar-refractivity contribution in [1.29, 1.82) is 0 Å². The van der Waals surface area contributed by atoms with Gasteiger partial charge in [-0.1, -0.05) is 0 Å². The third-order valence-electron chi connectivity index (χ3n) is 3.50. The van der Waals surface area contributed by atoms with E-state index in [1.54, 1.807) is 25.3 Å². The summed E-state index contributed by atoms with van der Waals surface area (Å²) in [6.07, 6.45) is 1.61. The highest BCUT2D eigenvalue weighted by molar-refractivity contribution is 9.11. The minimum absolute atomic E-state index is 0.0693. The second kappa shape index (κ2) is 8.46. The molecule has 2 N–H and O–H groups in total. The van der Waals surface area contributed by atoms with Crippen molar-refractivity contribution in [1.82, 2.24) is 15.5 Å². The van der Waals surface area contributed by atoms with Gasteiger partial charge >= 0.3 is 0 Å². The van der Waals surface area contributed by atoms with Crippen molar-refractivity contribution in [2.75, 3.05) is 20.6 Å². The average molecular weight is 414 g/mol. The molecule has 2 unspecified atom stereocenters. The summed E-state index contributed by atoms with van der Waals surface area (Å²) in [5.74, 6) is 0.279. The lowest BCUT2D eigenvalue weighted by molar-refractivity contribution is -0.122. The fourth-order valence-electron chi connectivity index (χ4n) is 2.14. The first-order chi connectivity index (χ1) is 11.4. The molecular formula is C16H20BrN3O3S. The van der Waals surface area contributed by atoms with Crippen LogP contribution in [0.4, 0.5) is 0 Å². The predicted octanol–water partition coefficient (Wildman–Crippen LogP) is 2.64. The van der Waals surface area contributed by atoms with Crippen LogP contribution in [-0.2, 0) is 4.79 Å². The number of rotatable bonds is 7. The Morgan fingerprint density at radius 3 is 2.62 bits per heavy atom. The summed E-state index contributed by atoms with van der Waals surface area (Å²) in [7, 11) is 3.83. The van der Waals surface area contributed by atoms with E-state index in [2.05, 4.69) is 26.6 Å². The fraction of sp³-hybridized carbons (Fsp3) is 0.375. The number of carbonyl (C=O) groups is 2. The summed E-state index contributed by atoms with van der Waals surface area (Å²) in [4.78, 5) is 26.8. The second-order valence-corrected chi connectivity index (χ2v) is 8.00. The van der Waals surface area contributed by atoms with Gasteiger partial charge < -0.3 is 15.1 Å². The quantitative estimate of drug-likeness (QED) is 0.731. The maximum atomic E-state index is 12.2. The zero-order valence-electron chi connectivity index (χ0n) is 13.7. The number of amides is 2. The van der Waals surface area contributed by atoms with E-state index in [1.807, 2.05) is 31.1 Å². The maximum Gasteiger partial charge on any atom is 0.262 e. The summed E-state index contributed by atoms with van der Waals surface area (Å²) in [5.41, 5.74) is 0. The summed E-state index contributed by atoms with van der Waals surface area (Å²) >= 11 is 4.64. The zero-order chi connectivity index (χ0) is 17.7. The molecule has 0 saturated heterocycles. The van der Waals surface area contributed by atoms with E-state index in [0.29, 0.717) is 11.4 Å². The standard InChI is InChI=1S/C16H20BrN3O3S/c1-10(19-16(22)13-6-7-14(17)24-13)15(21)18-9-11(20(2)3)12-5-4-8-23-12/h4-8,10-11H,9H2,1-3H3,(H,18,21)(H,19,22). The Kier molecular flexibility index (Phi) is 6.59. The molecule has 0 aliphatic carbocycles. The first kappa shape index (κ1) is 18.7. The van der Waals surface area contributed by atoms with Crippen molar-refractivity contribution in [2.45, 2.75) is 19.0 Å². The Hall–Kier alpha value is -1.64. The summed E-state index contributed by atoms with van der Waals surface area (Å²) in [6.45, 7) is 2.05. The first-order valence-corrected chi connectivity index (χ1v) is 9.03. The molecule has 0 radical (unpaired) electrons. The second-order valence-electron chi connectivity index (χ2n) is 5.54. The van der Waals surface area contributed by atoms with Crippen molar-refractivity contribution >= 4 is 39.1 Å². The van der Waals surface area contributed by atoms with Crippen LogP contribution in [0.3, 0.4) is 0 Å². The van der Waals surface area contributed by atoms with Gasteiger partial charge in [0.15, 0.2) is 0 Å². The number of thiophene rings is 1. The normalized spacial score (nSPS) is 13.5. The van der Waals surface area contributed by atoms with E-state index in [4.69, 9.17) is 4.42 Å². The van der Waals surface area contributed by atoms with E-state index in [-0.39, 0.29) is 17.9 Å². The van der Waals surface area contributed by atoms with E-state index in [1.165, 1.54) is 11.3 Å². The lowest BCUT2D eigenvalue weighted by Crippen LogP contribution is -2.46. The van der Waals surface area contributed by atoms with Gasteiger partial charge in [-0.25, -0.2) is 0 Å². The topological polar surface area (TPSA) is 74.6 Å². The van der Waals surface area contributed by atoms with Crippen LogP contribution in [0.25, 0.3) is 0 Å². The number of hydrogen-bond acceptors (Lipinski definition) is 5. The Balaban J connectivity index is 1.88. The third kappa shape index (κ3) is 4.93. The molecule has 0 aliphatic rings. The predicted molar refractivity (Wildman–Crippen MR) is 97.1 cm³/mol. The van der Waals surface area contributed by atoms with Crippen LogP contribution in [0.5, 0.6) is 0 Å². The van der Waals surface area contributed by atoms with Crippen LogP contribution in [0.1, 0.15) is 28.4 Å². The first-order valence-electron chi connectivity index (χ1n) is 7.42. The minimum Gasteiger partial charge on any atom is -0.468 e. The van der Waals surface area contributed by atoms with Gasteiger partial charge in [-0.15, -0.1) is 11.3 Å². The molecule has 24 heavy (non-hydrogen) atoms. The largest absolute Gasteiger partial charge is 0.468 e. The summed E-state index contributed by atoms with van der Waals surface area (Å²) in [5, 5.41) is 5.55. The van der Waals surface area contributed by atoms with Crippen LogP contribution in [0.2, 0.25) is 0 Å². The van der Waals surface area contributed by atoms with Crippen LogP contribution in [-0.4, -0.2) is 43.4 Å². The molecule has 2 amide bonds. The van der Waals surface area contributed by atoms with Gasteiger partial charge in [-0.3, -0.25) is 14.5 Å². The lowest BCUT2D eigenvalue weighted by Gasteiger charge is -2.23. The van der Waals surface area contributed by atoms with E-state index in [9.17, 15) is 9.59 Å². The van der Waals surface area contributed by atoms with Gasteiger partial charge in [0.2, 0.25) is 5.91 Å². The summed E-state index contributed by atoms with van der Waals surface area (Å²) < 4.78 is 6.28. The van der Waals surface area contributed by atoms with Crippen LogP contribution < -0.4 is 10.6 Å². The zero-order valence-corrected chi connectivity index (χ0v) is 16.1. The molecule has 2 atom stereocenters. The van der Waals surface area contributed by atoms with Crippen molar-refractivity contribution in [3.8, 4) is 0 Å². The Labute approximate surface area is 153 Å². The van der Waals surface area contributed by atoms with Gasteiger partial charge in [0.05, 0.1) is 21.0 Å². The van der Waals surface area contributed by atoms with Crippen LogP contribution in [0.15, 0.2) is 38.7 Å². The van der Waals surface area contributed by atoms with Gasteiger partial charge in [0, 0.05) is 6.54 Å². The van der Waals surface area contributed by atoms with E-state index >= 15 is 0 Å². The molecule has 0 fully saturated rings. The van der Waals surface area contributed by atoms with Gasteiger partial charge in [-0.2, -0.15) is 0 Å². The molecule has 0 aromatic carbocycles. The smallest absolute Gasteiger partial charge is 0.262 e. The van der Waals surface area contributed by atoms with Crippen LogP contribution >= 0.6 is 27.3 Å². The van der Waals surface area contributed by atoms with Gasteiger partial charge in [-0.05, 0) is 61.2 Å². The Morgan fingerprint density at radius 2 is 2.08 bits per heavy atom. The van der Waals surface area contributed by atoms with Crippen molar-refractivity contribution in [3.05, 3.63) is 45.0 Å². The van der Waals surface area contributed by atoms with Crippen molar-refractivity contribution in [3.63, 3.8) is 0 Å². The molecule has 2 heterocycles. The maximum absolute atomic E-state index is 12.2. The van der Waals surface area contributed by atoms with Crippen LogP contribution in [0, 0.1) is 0 Å². The average Bonchev–Trinajstić information content (AvgIpc) is 3.18. The Morgan fingerprint density at radius 1 is 1.33 bits per heavy atom. The number of nitrogens with one attached hydrogen (secondary N) is 2. The number of furan rings is 1. The van der Waals surface area contributed by atoms with E-state index in [0.717, 1.165) is 9.55 Å². The SMILES string of the molecule is CC(NC(=O)c1ccc(Br)s1)C(=O)NCC(c1ccco1)N(C)C. The van der Waals surface area contributed by atoms with Gasteiger partial charge in [0.1, 0.15) is 11.8 Å². The lowest BCUT2D eigenvalue weighted by atomic mass is 10.2. The third-order valence-corrected chi connectivity index (χ3v) is 5.12. The number of nitrogens with zero attached hydrogens (tertiary/aromatic N) is 1. The molecule has 0 saturated carbocycles. The molecular weight excluding hydrogens is 394 g/mol. The molecule has 2 aromatic heterocycles. The molecule has 0 spiro atoms. The molecule has 0 bridgehead atoms. The summed E-state index contributed by atoms with van der Waals surface area (Å²) in [6, 6.07) is 6.51. The minimum atomic E-state index is -0.627. The number of likely N-dealkylation sites (N-methyl/N-ethyl adjacent to an activating group) is 1. The highest BCUT2D eigenvalue weighted by Gasteiger charge is 2.21.